The summed E-state index contributed by atoms with van der Waals surface area (Å²) in [4.78, 5) is 12.8. The van der Waals surface area contributed by atoms with Crippen LogP contribution in [0.15, 0.2) is 82.7 Å². The first-order valence-electron chi connectivity index (χ1n) is 9.54. The van der Waals surface area contributed by atoms with Crippen molar-refractivity contribution < 1.29 is 4.39 Å². The normalized spacial score (nSPS) is 11.2. The van der Waals surface area contributed by atoms with Crippen molar-refractivity contribution in [3.05, 3.63) is 94.0 Å². The molecule has 0 saturated carbocycles. The Morgan fingerprint density at radius 3 is 2.50 bits per heavy atom. The molecule has 0 aliphatic carbocycles. The lowest BCUT2D eigenvalue weighted by molar-refractivity contribution is 0.612. The Morgan fingerprint density at radius 2 is 1.66 bits per heavy atom. The van der Waals surface area contributed by atoms with E-state index in [-0.39, 0.29) is 17.1 Å². The molecular formula is C22H14ClFN6OS. The molecule has 0 saturated heterocycles. The average Bonchev–Trinajstić information content (AvgIpc) is 3.23. The highest BCUT2D eigenvalue weighted by Crippen LogP contribution is 2.32. The van der Waals surface area contributed by atoms with E-state index in [1.807, 2.05) is 6.07 Å². The van der Waals surface area contributed by atoms with Gasteiger partial charge in [-0.3, -0.25) is 9.36 Å². The monoisotopic (exact) mass is 464 g/mol. The number of para-hydroxylation sites is 1. The minimum atomic E-state index is -0.440. The predicted octanol–water partition coefficient (Wildman–Crippen LogP) is 4.58. The summed E-state index contributed by atoms with van der Waals surface area (Å²) in [5, 5.41) is 17.9. The minimum absolute atomic E-state index is 0.117. The van der Waals surface area contributed by atoms with E-state index in [9.17, 15) is 9.18 Å². The van der Waals surface area contributed by atoms with Gasteiger partial charge in [0, 0.05) is 5.56 Å². The number of hydrogen-bond donors (Lipinski definition) is 0. The van der Waals surface area contributed by atoms with Gasteiger partial charge in [-0.2, -0.15) is 4.68 Å². The van der Waals surface area contributed by atoms with Crippen LogP contribution in [0.1, 0.15) is 0 Å². The smallest absolute Gasteiger partial charge is 0.267 e. The topological polar surface area (TPSA) is 78.5 Å². The molecule has 5 rings (SSSR count). The third-order valence-corrected chi connectivity index (χ3v) is 6.01. The first-order chi connectivity index (χ1) is 15.6. The van der Waals surface area contributed by atoms with Crippen LogP contribution in [0, 0.1) is 5.82 Å². The average molecular weight is 465 g/mol. The highest BCUT2D eigenvalue weighted by atomic mass is 35.5. The highest BCUT2D eigenvalue weighted by Gasteiger charge is 2.20. The third-order valence-electron chi connectivity index (χ3n) is 4.79. The number of rotatable bonds is 5. The molecule has 0 aliphatic rings. The van der Waals surface area contributed by atoms with Crippen molar-refractivity contribution in [2.45, 2.75) is 11.0 Å². The fourth-order valence-electron chi connectivity index (χ4n) is 3.26. The summed E-state index contributed by atoms with van der Waals surface area (Å²) in [6.45, 7) is 0. The number of benzene rings is 3. The molecule has 0 spiro atoms. The van der Waals surface area contributed by atoms with Crippen LogP contribution in [0.25, 0.3) is 28.0 Å². The Kier molecular flexibility index (Phi) is 5.42. The first kappa shape index (κ1) is 20.3. The van der Waals surface area contributed by atoms with E-state index in [0.717, 1.165) is 0 Å². The second-order valence-electron chi connectivity index (χ2n) is 6.76. The van der Waals surface area contributed by atoms with Crippen molar-refractivity contribution in [3.8, 4) is 17.1 Å². The minimum Gasteiger partial charge on any atom is -0.267 e. The molecular weight excluding hydrogens is 451 g/mol. The lowest BCUT2D eigenvalue weighted by Gasteiger charge is -2.12. The van der Waals surface area contributed by atoms with E-state index >= 15 is 0 Å². The Balaban J connectivity index is 1.58. The van der Waals surface area contributed by atoms with Crippen LogP contribution in [0.3, 0.4) is 0 Å². The van der Waals surface area contributed by atoms with E-state index in [0.29, 0.717) is 32.5 Å². The molecule has 0 aliphatic heterocycles. The van der Waals surface area contributed by atoms with E-state index in [4.69, 9.17) is 11.6 Å². The van der Waals surface area contributed by atoms with Crippen LogP contribution in [-0.2, 0) is 5.88 Å². The van der Waals surface area contributed by atoms with Crippen LogP contribution >= 0.6 is 23.4 Å². The third kappa shape index (κ3) is 3.65. The summed E-state index contributed by atoms with van der Waals surface area (Å²) >= 11 is 7.56. The van der Waals surface area contributed by atoms with E-state index in [1.165, 1.54) is 22.5 Å². The highest BCUT2D eigenvalue weighted by molar-refractivity contribution is 7.98. The van der Waals surface area contributed by atoms with Crippen LogP contribution < -0.4 is 5.56 Å². The van der Waals surface area contributed by atoms with Gasteiger partial charge in [0.15, 0.2) is 11.0 Å². The van der Waals surface area contributed by atoms with Crippen molar-refractivity contribution in [1.29, 1.82) is 0 Å². The van der Waals surface area contributed by atoms with Crippen molar-refractivity contribution in [3.63, 3.8) is 0 Å². The summed E-state index contributed by atoms with van der Waals surface area (Å²) in [6, 6.07) is 20.5. The van der Waals surface area contributed by atoms with Crippen molar-refractivity contribution >= 4 is 34.3 Å². The molecule has 5 aromatic rings. The Hall–Kier alpha value is -3.56. The molecule has 158 valence electrons. The van der Waals surface area contributed by atoms with E-state index < -0.39 is 5.82 Å². The number of hydrogen-bond acceptors (Lipinski definition) is 6. The Labute approximate surface area is 190 Å². The fourth-order valence-corrected chi connectivity index (χ4v) is 4.30. The Morgan fingerprint density at radius 1 is 0.906 bits per heavy atom. The van der Waals surface area contributed by atoms with Crippen molar-refractivity contribution in [2.24, 2.45) is 0 Å². The zero-order valence-electron chi connectivity index (χ0n) is 16.4. The SMILES string of the molecule is O=c1c2ccccc2nnn1CSc1nnc(-c2ccccc2Cl)n1-c1ccccc1F. The fraction of sp³-hybridized carbons (Fsp3) is 0.0455. The van der Waals surface area contributed by atoms with Gasteiger partial charge >= 0.3 is 0 Å². The first-order valence-corrected chi connectivity index (χ1v) is 10.9. The van der Waals surface area contributed by atoms with Gasteiger partial charge in [0.25, 0.3) is 5.56 Å². The van der Waals surface area contributed by atoms with Crippen LogP contribution in [0.4, 0.5) is 4.39 Å². The molecule has 0 amide bonds. The van der Waals surface area contributed by atoms with E-state index in [2.05, 4.69) is 20.5 Å². The zero-order chi connectivity index (χ0) is 22.1. The molecule has 7 nitrogen and oxygen atoms in total. The summed E-state index contributed by atoms with van der Waals surface area (Å²) < 4.78 is 17.6. The van der Waals surface area contributed by atoms with Gasteiger partial charge in [-0.25, -0.2) is 4.39 Å². The maximum absolute atomic E-state index is 14.7. The molecule has 0 radical (unpaired) electrons. The molecule has 0 fully saturated rings. The van der Waals surface area contributed by atoms with E-state index in [1.54, 1.807) is 65.2 Å². The molecule has 10 heteroatoms. The van der Waals surface area contributed by atoms with Gasteiger partial charge in [0.2, 0.25) is 0 Å². The maximum Gasteiger partial charge on any atom is 0.278 e. The van der Waals surface area contributed by atoms with Gasteiger partial charge in [-0.1, -0.05) is 65.0 Å². The van der Waals surface area contributed by atoms with Gasteiger partial charge in [-0.15, -0.1) is 15.3 Å². The summed E-state index contributed by atoms with van der Waals surface area (Å²) in [5.74, 6) is 0.0662. The molecule has 0 bridgehead atoms. The van der Waals surface area contributed by atoms with Crippen LogP contribution in [0.2, 0.25) is 5.02 Å². The predicted molar refractivity (Wildman–Crippen MR) is 121 cm³/mol. The summed E-state index contributed by atoms with van der Waals surface area (Å²) in [5.41, 5.74) is 1.13. The molecule has 0 unspecified atom stereocenters. The Bertz CT molecular complexity index is 1500. The van der Waals surface area contributed by atoms with Gasteiger partial charge in [-0.05, 0) is 36.4 Å². The largest absolute Gasteiger partial charge is 0.278 e. The molecule has 32 heavy (non-hydrogen) atoms. The van der Waals surface area contributed by atoms with Crippen LogP contribution in [-0.4, -0.2) is 29.8 Å². The second kappa shape index (κ2) is 8.52. The number of nitrogens with zero attached hydrogens (tertiary/aromatic N) is 6. The molecule has 0 atom stereocenters. The lowest BCUT2D eigenvalue weighted by atomic mass is 10.2. The van der Waals surface area contributed by atoms with Gasteiger partial charge in [0.1, 0.15) is 11.3 Å². The number of halogens is 2. The zero-order valence-corrected chi connectivity index (χ0v) is 18.0. The summed E-state index contributed by atoms with van der Waals surface area (Å²) in [7, 11) is 0. The quantitative estimate of drug-likeness (QED) is 0.354. The lowest BCUT2D eigenvalue weighted by Crippen LogP contribution is -2.23. The van der Waals surface area contributed by atoms with Crippen molar-refractivity contribution in [1.82, 2.24) is 29.8 Å². The number of fused-ring (bicyclic) bond motifs is 1. The molecule has 2 aromatic heterocycles. The van der Waals surface area contributed by atoms with Crippen molar-refractivity contribution in [2.75, 3.05) is 0 Å². The maximum atomic E-state index is 14.7. The molecule has 2 heterocycles. The summed E-state index contributed by atoms with van der Waals surface area (Å²) in [6.07, 6.45) is 0. The molecule has 0 N–H and O–H groups in total. The molecule has 3 aromatic carbocycles. The van der Waals surface area contributed by atoms with Crippen LogP contribution in [0.5, 0.6) is 0 Å². The number of thioether (sulfide) groups is 1. The number of aromatic nitrogens is 6. The van der Waals surface area contributed by atoms with Gasteiger partial charge < -0.3 is 0 Å². The second-order valence-corrected chi connectivity index (χ2v) is 8.08. The standard InChI is InChI=1S/C22H14ClFN6OS/c23-16-9-3-1-7-14(16)20-26-27-22(30(20)19-12-6-4-10-17(19)24)32-13-29-21(31)15-8-2-5-11-18(15)25-28-29/h1-12H,13H2. The van der Waals surface area contributed by atoms with Gasteiger partial charge in [0.05, 0.1) is 22.0 Å².